The summed E-state index contributed by atoms with van der Waals surface area (Å²) in [6.45, 7) is 8.61. The fourth-order valence-electron chi connectivity index (χ4n) is 14.4. The van der Waals surface area contributed by atoms with Crippen molar-refractivity contribution in [2.45, 2.75) is 48.3 Å². The summed E-state index contributed by atoms with van der Waals surface area (Å²) in [4.78, 5) is 68.7. The quantitative estimate of drug-likeness (QED) is 0.163. The van der Waals surface area contributed by atoms with Crippen LogP contribution in [0, 0.1) is 0 Å². The van der Waals surface area contributed by atoms with Crippen molar-refractivity contribution < 1.29 is 9.59 Å². The second-order valence-corrected chi connectivity index (χ2v) is 25.6. The zero-order valence-corrected chi connectivity index (χ0v) is 49.2. The van der Waals surface area contributed by atoms with E-state index in [-0.39, 0.29) is 11.8 Å². The maximum atomic E-state index is 15.3. The first kappa shape index (κ1) is 50.0. The van der Waals surface area contributed by atoms with Gasteiger partial charge in [-0.3, -0.25) is 27.9 Å². The van der Waals surface area contributed by atoms with Gasteiger partial charge in [-0.25, -0.2) is 24.9 Å². The fraction of sp³-hybridized carbons (Fsp3) is 0.0800. The molecule has 0 bridgehead atoms. The van der Waals surface area contributed by atoms with E-state index in [2.05, 4.69) is 134 Å². The topological polar surface area (TPSA) is 144 Å². The third kappa shape index (κ3) is 6.88. The Bertz CT molecular complexity index is 5840. The van der Waals surface area contributed by atoms with Crippen molar-refractivity contribution in [1.29, 1.82) is 0 Å². The Morgan fingerprint density at radius 3 is 1.46 bits per heavy atom. The lowest BCUT2D eigenvalue weighted by Gasteiger charge is -2.32. The lowest BCUT2D eigenvalue weighted by Crippen LogP contribution is -2.35. The van der Waals surface area contributed by atoms with Crippen LogP contribution < -0.4 is 0 Å². The molecule has 0 radical (unpaired) electrons. The van der Waals surface area contributed by atoms with Gasteiger partial charge >= 0.3 is 0 Å². The number of carbonyl (C=O) groups excluding carboxylic acids is 2. The Kier molecular flexibility index (Phi) is 9.95. The predicted octanol–water partition coefficient (Wildman–Crippen LogP) is 16.5. The van der Waals surface area contributed by atoms with Gasteiger partial charge in [0.1, 0.15) is 11.6 Å². The first-order valence-electron chi connectivity index (χ1n) is 29.7. The van der Waals surface area contributed by atoms with Crippen LogP contribution in [-0.4, -0.2) is 65.0 Å². The maximum absolute atomic E-state index is 15.3. The van der Waals surface area contributed by atoms with Crippen molar-refractivity contribution in [3.63, 3.8) is 0 Å². The Hall–Kier alpha value is -11.2. The molecule has 3 aliphatic heterocycles. The van der Waals surface area contributed by atoms with Crippen LogP contribution in [0.5, 0.6) is 0 Å². The number of fused-ring (bicyclic) bond motifs is 16. The van der Waals surface area contributed by atoms with Crippen molar-refractivity contribution >= 4 is 100 Å². The highest BCUT2D eigenvalue weighted by atomic mass is 32.2. The lowest BCUT2D eigenvalue weighted by atomic mass is 9.77. The molecule has 3 aliphatic rings. The molecule has 0 unspecified atom stereocenters. The van der Waals surface area contributed by atoms with Crippen LogP contribution in [0.1, 0.15) is 71.2 Å². The summed E-state index contributed by atoms with van der Waals surface area (Å²) in [5, 5.41) is 4.86. The third-order valence-corrected chi connectivity index (χ3v) is 19.8. The monoisotopic (exact) mass is 1170 g/mol. The van der Waals surface area contributed by atoms with E-state index in [0.29, 0.717) is 40.5 Å². The molecule has 0 atom stereocenters. The minimum Gasteiger partial charge on any atom is -0.278 e. The molecule has 0 fully saturated rings. The lowest BCUT2D eigenvalue weighted by molar-refractivity contribution is 0.0940. The number of hydrogen-bond acceptors (Lipinski definition) is 10. The Labute approximate surface area is 511 Å². The fourth-order valence-corrected chi connectivity index (χ4v) is 15.5. The van der Waals surface area contributed by atoms with Crippen molar-refractivity contribution in [2.24, 2.45) is 0 Å². The zero-order chi connectivity index (χ0) is 59.3. The van der Waals surface area contributed by atoms with Gasteiger partial charge in [0.2, 0.25) is 11.9 Å². The van der Waals surface area contributed by atoms with Gasteiger partial charge < -0.3 is 0 Å². The van der Waals surface area contributed by atoms with Gasteiger partial charge in [0.15, 0.2) is 11.6 Å². The predicted molar refractivity (Wildman–Crippen MR) is 351 cm³/mol. The summed E-state index contributed by atoms with van der Waals surface area (Å²) < 4.78 is 7.88. The highest BCUT2D eigenvalue weighted by Crippen LogP contribution is 2.50. The summed E-state index contributed by atoms with van der Waals surface area (Å²) >= 11 is 1.72. The highest BCUT2D eigenvalue weighted by molar-refractivity contribution is 7.99. The standard InChI is InChI=1S/C75H47N11O2S/c1-74(2)51-38-60-47(36-49(51)68(87)85-58-28-16-13-24-53(58)76-70(74)85)44-22-11-14-26-56(44)83(60)72-78-54-25-17-29-62-64(54)65(79-72)46-32-30-43(35-63(46)89-62)42-31-33-59-55(34-42)77-71-75(3,4)52-39-61-48(37-50(52)69(88)86(59)71)45-23-12-15-27-57(45)84(61)73-81-66(40-18-7-5-8-19-40)80-67(82-73)41-20-9-6-10-21-41/h5-39H,1-4H3. The summed E-state index contributed by atoms with van der Waals surface area (Å²) in [5.41, 5.74) is 15.0. The van der Waals surface area contributed by atoms with E-state index in [0.717, 1.165) is 137 Å². The molecule has 6 aromatic heterocycles. The molecule has 0 saturated carbocycles. The molecule has 0 spiro atoms. The van der Waals surface area contributed by atoms with Crippen LogP contribution in [0.25, 0.3) is 134 Å². The van der Waals surface area contributed by atoms with E-state index in [1.165, 1.54) is 0 Å². The molecule has 19 rings (SSSR count). The van der Waals surface area contributed by atoms with Crippen LogP contribution in [0.3, 0.4) is 0 Å². The molecule has 13 nitrogen and oxygen atoms in total. The molecule has 9 heterocycles. The van der Waals surface area contributed by atoms with Gasteiger partial charge in [-0.2, -0.15) is 9.97 Å². The number of carbonyl (C=O) groups is 2. The summed E-state index contributed by atoms with van der Waals surface area (Å²) in [5.74, 6) is 3.33. The SMILES string of the molecule is CC1(C)c2cc3c(cc2C(=O)n2c1nc1ccccc12)c1ccccc1n3-c1nc2c3c(cccc3n1)Sc1cc(-c3ccc4c(c3)nc3n4C(=O)c4cc5c6ccccc6n(-c6nc(-c7ccccc7)nc(-c7ccccc7)n6)c5cc4C3(C)C)ccc1-2. The van der Waals surface area contributed by atoms with Crippen molar-refractivity contribution in [3.8, 4) is 57.1 Å². The zero-order valence-electron chi connectivity index (χ0n) is 48.4. The number of benzene rings is 10. The van der Waals surface area contributed by atoms with Gasteiger partial charge in [0, 0.05) is 75.4 Å². The number of hydrogen-bond donors (Lipinski definition) is 0. The van der Waals surface area contributed by atoms with E-state index in [1.807, 2.05) is 120 Å². The molecule has 0 aliphatic carbocycles. The first-order valence-corrected chi connectivity index (χ1v) is 30.5. The molecule has 16 aromatic rings. The van der Waals surface area contributed by atoms with Gasteiger partial charge in [-0.05, 0) is 129 Å². The van der Waals surface area contributed by atoms with E-state index in [4.69, 9.17) is 34.9 Å². The average molecular weight is 1170 g/mol. The Morgan fingerprint density at radius 1 is 0.337 bits per heavy atom. The summed E-state index contributed by atoms with van der Waals surface area (Å²) in [6.07, 6.45) is 0. The Balaban J connectivity index is 0.712. The van der Waals surface area contributed by atoms with Gasteiger partial charge in [0.05, 0.1) is 55.3 Å². The third-order valence-electron chi connectivity index (χ3n) is 18.7. The summed E-state index contributed by atoms with van der Waals surface area (Å²) in [7, 11) is 0. The van der Waals surface area contributed by atoms with Crippen LogP contribution in [0.4, 0.5) is 0 Å². The molecule has 420 valence electrons. The minimum atomic E-state index is -0.701. The average Bonchev–Trinajstić information content (AvgIpc) is 1.67. The number of nitrogens with zero attached hydrogens (tertiary/aromatic N) is 11. The summed E-state index contributed by atoms with van der Waals surface area (Å²) in [6, 6.07) is 71.9. The number of para-hydroxylation sites is 4. The highest BCUT2D eigenvalue weighted by Gasteiger charge is 2.43. The van der Waals surface area contributed by atoms with Gasteiger partial charge in [-0.15, -0.1) is 0 Å². The van der Waals surface area contributed by atoms with Gasteiger partial charge in [0.25, 0.3) is 11.8 Å². The largest absolute Gasteiger partial charge is 0.278 e. The normalized spacial score (nSPS) is 14.5. The van der Waals surface area contributed by atoms with Gasteiger partial charge in [-0.1, -0.05) is 145 Å². The first-order chi connectivity index (χ1) is 43.4. The van der Waals surface area contributed by atoms with Crippen LogP contribution in [-0.2, 0) is 10.8 Å². The molecule has 89 heavy (non-hydrogen) atoms. The molecule has 10 aromatic carbocycles. The van der Waals surface area contributed by atoms with Crippen LogP contribution in [0.15, 0.2) is 222 Å². The maximum Gasteiger partial charge on any atom is 0.264 e. The second kappa shape index (κ2) is 17.7. The van der Waals surface area contributed by atoms with E-state index in [9.17, 15) is 4.79 Å². The Morgan fingerprint density at radius 2 is 0.843 bits per heavy atom. The van der Waals surface area contributed by atoms with Crippen LogP contribution >= 0.6 is 11.8 Å². The van der Waals surface area contributed by atoms with Crippen molar-refractivity contribution in [1.82, 2.24) is 53.2 Å². The van der Waals surface area contributed by atoms with Crippen molar-refractivity contribution in [3.05, 3.63) is 246 Å². The second-order valence-electron chi connectivity index (χ2n) is 24.5. The number of rotatable bonds is 5. The molecule has 0 N–H and O–H groups in total. The van der Waals surface area contributed by atoms with Crippen LogP contribution in [0.2, 0.25) is 0 Å². The molecular formula is C75H47N11O2S. The smallest absolute Gasteiger partial charge is 0.264 e. The number of imidazole rings is 2. The van der Waals surface area contributed by atoms with Crippen molar-refractivity contribution in [2.75, 3.05) is 0 Å². The van der Waals surface area contributed by atoms with E-state index >= 15 is 4.79 Å². The molecule has 14 heteroatoms. The molecule has 0 amide bonds. The molecular weight excluding hydrogens is 1120 g/mol. The minimum absolute atomic E-state index is 0.0827. The van der Waals surface area contributed by atoms with E-state index < -0.39 is 10.8 Å². The van der Waals surface area contributed by atoms with E-state index in [1.54, 1.807) is 16.3 Å². The molecule has 0 saturated heterocycles. The number of aromatic nitrogens is 11.